The fourth-order valence-electron chi connectivity index (χ4n) is 2.26. The summed E-state index contributed by atoms with van der Waals surface area (Å²) in [4.78, 5) is 17.7. The minimum absolute atomic E-state index is 0.134. The van der Waals surface area contributed by atoms with Crippen LogP contribution in [-0.2, 0) is 9.47 Å². The Balaban J connectivity index is 2.46. The van der Waals surface area contributed by atoms with Gasteiger partial charge in [0.05, 0.1) is 12.2 Å². The van der Waals surface area contributed by atoms with Gasteiger partial charge in [0.15, 0.2) is 5.17 Å². The van der Waals surface area contributed by atoms with E-state index in [9.17, 15) is 9.90 Å². The molecule has 3 N–H and O–H groups in total. The van der Waals surface area contributed by atoms with Gasteiger partial charge in [-0.15, -0.1) is 0 Å². The minimum Gasteiger partial charge on any atom is -0.447 e. The number of aliphatic imine (C=N–C) groups is 1. The molecule has 1 amide bonds. The number of thioether (sulfide) groups is 1. The van der Waals surface area contributed by atoms with Crippen LogP contribution in [0, 0.1) is 0 Å². The number of nitrogens with zero attached hydrogens (tertiary/aromatic N) is 2. The lowest BCUT2D eigenvalue weighted by Gasteiger charge is -2.32. The van der Waals surface area contributed by atoms with E-state index in [1.54, 1.807) is 4.90 Å². The lowest BCUT2D eigenvalue weighted by atomic mass is 10.1. The molecule has 7 nitrogen and oxygen atoms in total. The Morgan fingerprint density at radius 2 is 2.09 bits per heavy atom. The first-order chi connectivity index (χ1) is 11.0. The van der Waals surface area contributed by atoms with Gasteiger partial charge in [-0.3, -0.25) is 4.99 Å². The second kappa shape index (κ2) is 10.7. The number of ether oxygens (including phenoxy) is 2. The summed E-state index contributed by atoms with van der Waals surface area (Å²) in [7, 11) is 0. The molecule has 1 rings (SSSR count). The molecular formula is C15H29N3O4S. The first-order valence-electron chi connectivity index (χ1n) is 8.21. The first-order valence-corrected chi connectivity index (χ1v) is 9.09. The van der Waals surface area contributed by atoms with Crippen molar-refractivity contribution in [3.05, 3.63) is 0 Å². The summed E-state index contributed by atoms with van der Waals surface area (Å²) in [6.45, 7) is 7.85. The summed E-state index contributed by atoms with van der Waals surface area (Å²) in [5, 5.41) is 10.4. The van der Waals surface area contributed by atoms with Crippen molar-refractivity contribution in [2.45, 2.75) is 57.7 Å². The molecule has 0 aromatic heterocycles. The summed E-state index contributed by atoms with van der Waals surface area (Å²) >= 11 is 1.31. The largest absolute Gasteiger partial charge is 0.447 e. The molecule has 0 aliphatic carbocycles. The zero-order valence-electron chi connectivity index (χ0n) is 14.2. The van der Waals surface area contributed by atoms with Crippen LogP contribution >= 0.6 is 11.8 Å². The standard InChI is InChI=1S/C15H29N3O4S/c1-4-7-17-14(16)23-13-9-11(19)8-12(22-13)10-21-15(20)18(5-2)6-3/h11-13,19H,4-10H2,1-3H3,(H2,16,17). The van der Waals surface area contributed by atoms with E-state index in [-0.39, 0.29) is 24.2 Å². The second-order valence-electron chi connectivity index (χ2n) is 5.40. The maximum absolute atomic E-state index is 11.8. The Hall–Kier alpha value is -0.990. The topological polar surface area (TPSA) is 97.4 Å². The van der Waals surface area contributed by atoms with Crippen molar-refractivity contribution in [3.8, 4) is 0 Å². The Labute approximate surface area is 142 Å². The Morgan fingerprint density at radius 1 is 1.39 bits per heavy atom. The number of carbonyl (C=O) groups is 1. The van der Waals surface area contributed by atoms with Crippen molar-refractivity contribution in [3.63, 3.8) is 0 Å². The molecular weight excluding hydrogens is 318 g/mol. The highest BCUT2D eigenvalue weighted by atomic mass is 32.2. The van der Waals surface area contributed by atoms with Crippen molar-refractivity contribution >= 4 is 23.0 Å². The van der Waals surface area contributed by atoms with E-state index in [1.807, 2.05) is 20.8 Å². The number of hydrogen-bond acceptors (Lipinski definition) is 6. The van der Waals surface area contributed by atoms with Crippen LogP contribution in [0.25, 0.3) is 0 Å². The van der Waals surface area contributed by atoms with Crippen molar-refractivity contribution in [1.82, 2.24) is 4.90 Å². The Bertz CT molecular complexity index is 391. The highest BCUT2D eigenvalue weighted by Crippen LogP contribution is 2.27. The molecule has 0 aromatic rings. The molecule has 3 unspecified atom stereocenters. The Kier molecular flexibility index (Phi) is 9.35. The lowest BCUT2D eigenvalue weighted by Crippen LogP contribution is -2.40. The van der Waals surface area contributed by atoms with Gasteiger partial charge in [0.25, 0.3) is 0 Å². The number of carbonyl (C=O) groups excluding carboxylic acids is 1. The Morgan fingerprint density at radius 3 is 2.70 bits per heavy atom. The highest BCUT2D eigenvalue weighted by molar-refractivity contribution is 8.14. The predicted octanol–water partition coefficient (Wildman–Crippen LogP) is 1.79. The van der Waals surface area contributed by atoms with Gasteiger partial charge in [-0.05, 0) is 20.3 Å². The van der Waals surface area contributed by atoms with E-state index in [0.29, 0.717) is 37.6 Å². The summed E-state index contributed by atoms with van der Waals surface area (Å²) in [6.07, 6.45) is 0.709. The maximum atomic E-state index is 11.8. The van der Waals surface area contributed by atoms with Crippen LogP contribution in [0.15, 0.2) is 4.99 Å². The zero-order valence-corrected chi connectivity index (χ0v) is 15.1. The van der Waals surface area contributed by atoms with Gasteiger partial charge < -0.3 is 25.2 Å². The summed E-state index contributed by atoms with van der Waals surface area (Å²) in [5.74, 6) is 0. The van der Waals surface area contributed by atoms with E-state index < -0.39 is 6.10 Å². The monoisotopic (exact) mass is 347 g/mol. The van der Waals surface area contributed by atoms with Crippen LogP contribution in [0.3, 0.4) is 0 Å². The van der Waals surface area contributed by atoms with Crippen molar-refractivity contribution in [2.24, 2.45) is 10.7 Å². The molecule has 0 spiro atoms. The summed E-state index contributed by atoms with van der Waals surface area (Å²) in [5.41, 5.74) is 5.57. The number of rotatable bonds is 7. The van der Waals surface area contributed by atoms with Crippen molar-refractivity contribution in [2.75, 3.05) is 26.2 Å². The zero-order chi connectivity index (χ0) is 17.2. The van der Waals surface area contributed by atoms with Crippen molar-refractivity contribution < 1.29 is 19.4 Å². The van der Waals surface area contributed by atoms with Crippen LogP contribution < -0.4 is 5.73 Å². The third-order valence-corrected chi connectivity index (χ3v) is 4.44. The van der Waals surface area contributed by atoms with E-state index >= 15 is 0 Å². The SMILES string of the molecule is CCCN=C(N)SC1CC(O)CC(COC(=O)N(CC)CC)O1. The third-order valence-electron chi connectivity index (χ3n) is 3.50. The fraction of sp³-hybridized carbons (Fsp3) is 0.867. The molecule has 0 bridgehead atoms. The third kappa shape index (κ3) is 7.41. The van der Waals surface area contributed by atoms with Gasteiger partial charge in [0.2, 0.25) is 0 Å². The molecule has 0 saturated carbocycles. The molecule has 0 radical (unpaired) electrons. The number of hydrogen-bond donors (Lipinski definition) is 2. The van der Waals surface area contributed by atoms with E-state index in [2.05, 4.69) is 4.99 Å². The molecule has 1 fully saturated rings. The molecule has 23 heavy (non-hydrogen) atoms. The van der Waals surface area contributed by atoms with Gasteiger partial charge in [-0.25, -0.2) is 4.79 Å². The number of amides is 1. The minimum atomic E-state index is -0.489. The van der Waals surface area contributed by atoms with Gasteiger partial charge in [0, 0.05) is 32.5 Å². The van der Waals surface area contributed by atoms with Gasteiger partial charge >= 0.3 is 6.09 Å². The molecule has 8 heteroatoms. The molecule has 1 saturated heterocycles. The van der Waals surface area contributed by atoms with Gasteiger partial charge in [-0.1, -0.05) is 18.7 Å². The molecule has 1 aliphatic rings. The fourth-order valence-corrected chi connectivity index (χ4v) is 3.23. The van der Waals surface area contributed by atoms with E-state index in [0.717, 1.165) is 6.42 Å². The average Bonchev–Trinajstić information content (AvgIpc) is 2.51. The normalized spacial score (nSPS) is 25.2. The number of aliphatic hydroxyl groups excluding tert-OH is 1. The summed E-state index contributed by atoms with van der Waals surface area (Å²) in [6, 6.07) is 0. The van der Waals surface area contributed by atoms with Crippen LogP contribution in [-0.4, -0.2) is 65.2 Å². The highest BCUT2D eigenvalue weighted by Gasteiger charge is 2.30. The van der Waals surface area contributed by atoms with Crippen LogP contribution in [0.4, 0.5) is 4.79 Å². The quantitative estimate of drug-likeness (QED) is 0.538. The molecule has 1 aliphatic heterocycles. The van der Waals surface area contributed by atoms with Crippen LogP contribution in [0.1, 0.15) is 40.0 Å². The lowest BCUT2D eigenvalue weighted by molar-refractivity contribution is -0.0819. The number of nitrogens with two attached hydrogens (primary N) is 1. The molecule has 134 valence electrons. The van der Waals surface area contributed by atoms with Gasteiger partial charge in [-0.2, -0.15) is 0 Å². The smallest absolute Gasteiger partial charge is 0.409 e. The average molecular weight is 347 g/mol. The molecule has 1 heterocycles. The summed E-state index contributed by atoms with van der Waals surface area (Å²) < 4.78 is 11.1. The molecule has 3 atom stereocenters. The number of amidine groups is 1. The first kappa shape index (κ1) is 20.1. The van der Waals surface area contributed by atoms with Gasteiger partial charge in [0.1, 0.15) is 12.0 Å². The molecule has 0 aromatic carbocycles. The van der Waals surface area contributed by atoms with Crippen molar-refractivity contribution in [1.29, 1.82) is 0 Å². The van der Waals surface area contributed by atoms with Crippen LogP contribution in [0.2, 0.25) is 0 Å². The van der Waals surface area contributed by atoms with Crippen LogP contribution in [0.5, 0.6) is 0 Å². The predicted molar refractivity (Wildman–Crippen MR) is 92.5 cm³/mol. The maximum Gasteiger partial charge on any atom is 0.409 e. The van der Waals surface area contributed by atoms with E-state index in [4.69, 9.17) is 15.2 Å². The van der Waals surface area contributed by atoms with E-state index in [1.165, 1.54) is 11.8 Å². The second-order valence-corrected chi connectivity index (χ2v) is 6.58. The number of aliphatic hydroxyl groups is 1.